The van der Waals surface area contributed by atoms with Gasteiger partial charge in [-0.25, -0.2) is 4.98 Å². The van der Waals surface area contributed by atoms with E-state index >= 15 is 0 Å². The largest absolute Gasteiger partial charge is 0.394 e. The lowest BCUT2D eigenvalue weighted by Crippen LogP contribution is -2.49. The van der Waals surface area contributed by atoms with Crippen LogP contribution < -0.4 is 5.32 Å². The number of fused-ring (bicyclic) bond motifs is 1. The van der Waals surface area contributed by atoms with Crippen LogP contribution in [0.2, 0.25) is 0 Å². The van der Waals surface area contributed by atoms with Gasteiger partial charge in [0, 0.05) is 5.69 Å². The molecule has 1 aliphatic carbocycles. The summed E-state index contributed by atoms with van der Waals surface area (Å²) in [5.74, 6) is -0.0174. The third-order valence-corrected chi connectivity index (χ3v) is 4.72. The highest BCUT2D eigenvalue weighted by Gasteiger charge is 2.35. The number of hydrogen-bond acceptors (Lipinski definition) is 5. The molecule has 124 valence electrons. The Kier molecular flexibility index (Phi) is 4.10. The highest BCUT2D eigenvalue weighted by Crippen LogP contribution is 2.31. The molecule has 1 amide bonds. The normalized spacial score (nSPS) is 17.1. The van der Waals surface area contributed by atoms with E-state index in [1.54, 1.807) is 6.92 Å². The minimum Gasteiger partial charge on any atom is -0.394 e. The smallest absolute Gasteiger partial charge is 0.259 e. The average Bonchev–Trinajstić information content (AvgIpc) is 3.14. The number of amides is 1. The maximum atomic E-state index is 12.9. The SMILES string of the molecule is Cc1noc2nc(C(C)C)cc(C(=O)NC3(CO)CCCC3)c12. The van der Waals surface area contributed by atoms with Crippen LogP contribution in [0.25, 0.3) is 11.1 Å². The molecule has 0 bridgehead atoms. The fraction of sp³-hybridized carbons (Fsp3) is 0.588. The molecular weight excluding hydrogens is 294 g/mol. The quantitative estimate of drug-likeness (QED) is 0.905. The summed E-state index contributed by atoms with van der Waals surface area (Å²) in [7, 11) is 0. The number of hydrogen-bond donors (Lipinski definition) is 2. The molecule has 1 fully saturated rings. The van der Waals surface area contributed by atoms with Crippen molar-refractivity contribution in [2.24, 2.45) is 0 Å². The standard InChI is InChI=1S/C17H23N3O3/c1-10(2)13-8-12(14-11(3)20-23-16(14)18-13)15(22)19-17(9-21)6-4-5-7-17/h8,10,21H,4-7,9H2,1-3H3,(H,19,22). The van der Waals surface area contributed by atoms with Gasteiger partial charge in [-0.3, -0.25) is 4.79 Å². The predicted molar refractivity (Wildman–Crippen MR) is 86.4 cm³/mol. The van der Waals surface area contributed by atoms with Crippen molar-refractivity contribution in [1.29, 1.82) is 0 Å². The Morgan fingerprint density at radius 2 is 2.13 bits per heavy atom. The van der Waals surface area contributed by atoms with E-state index in [2.05, 4.69) is 15.5 Å². The van der Waals surface area contributed by atoms with Crippen LogP contribution in [-0.2, 0) is 0 Å². The lowest BCUT2D eigenvalue weighted by atomic mass is 9.97. The van der Waals surface area contributed by atoms with Crippen molar-refractivity contribution >= 4 is 17.0 Å². The number of nitrogens with one attached hydrogen (secondary N) is 1. The molecule has 0 aliphatic heterocycles. The van der Waals surface area contributed by atoms with Gasteiger partial charge >= 0.3 is 0 Å². The molecular formula is C17H23N3O3. The van der Waals surface area contributed by atoms with Crippen molar-refractivity contribution < 1.29 is 14.4 Å². The molecule has 0 radical (unpaired) electrons. The summed E-state index contributed by atoms with van der Waals surface area (Å²) in [6.45, 7) is 5.81. The molecule has 0 aromatic carbocycles. The maximum absolute atomic E-state index is 12.9. The molecule has 2 aromatic rings. The van der Waals surface area contributed by atoms with Crippen molar-refractivity contribution in [3.8, 4) is 0 Å². The van der Waals surface area contributed by atoms with E-state index in [0.717, 1.165) is 31.4 Å². The molecule has 0 spiro atoms. The summed E-state index contributed by atoms with van der Waals surface area (Å²) < 4.78 is 5.26. The molecule has 3 rings (SSSR count). The molecule has 1 aliphatic rings. The van der Waals surface area contributed by atoms with Crippen LogP contribution >= 0.6 is 0 Å². The van der Waals surface area contributed by atoms with Gasteiger partial charge in [0.25, 0.3) is 11.6 Å². The van der Waals surface area contributed by atoms with Crippen LogP contribution in [0.3, 0.4) is 0 Å². The monoisotopic (exact) mass is 317 g/mol. The topological polar surface area (TPSA) is 88.2 Å². The van der Waals surface area contributed by atoms with E-state index in [1.165, 1.54) is 0 Å². The summed E-state index contributed by atoms with van der Waals surface area (Å²) in [6.07, 6.45) is 3.67. The highest BCUT2D eigenvalue weighted by molar-refractivity contribution is 6.06. The lowest BCUT2D eigenvalue weighted by molar-refractivity contribution is 0.0840. The van der Waals surface area contributed by atoms with Crippen molar-refractivity contribution in [2.75, 3.05) is 6.61 Å². The van der Waals surface area contributed by atoms with Gasteiger partial charge in [-0.15, -0.1) is 0 Å². The second-order valence-electron chi connectivity index (χ2n) is 6.80. The Morgan fingerprint density at radius 1 is 1.43 bits per heavy atom. The minimum absolute atomic E-state index is 0.0351. The number of aryl methyl sites for hydroxylation is 1. The van der Waals surface area contributed by atoms with Gasteiger partial charge in [0.2, 0.25) is 0 Å². The Labute approximate surface area is 135 Å². The zero-order chi connectivity index (χ0) is 16.6. The van der Waals surface area contributed by atoms with Crippen LogP contribution in [0.15, 0.2) is 10.6 Å². The summed E-state index contributed by atoms with van der Waals surface area (Å²) in [5, 5.41) is 17.4. The molecule has 23 heavy (non-hydrogen) atoms. The summed E-state index contributed by atoms with van der Waals surface area (Å²) in [5.41, 5.74) is 1.86. The average molecular weight is 317 g/mol. The van der Waals surface area contributed by atoms with Crippen molar-refractivity contribution in [1.82, 2.24) is 15.5 Å². The highest BCUT2D eigenvalue weighted by atomic mass is 16.5. The minimum atomic E-state index is -0.504. The fourth-order valence-electron chi connectivity index (χ4n) is 3.27. The number of pyridine rings is 1. The van der Waals surface area contributed by atoms with Gasteiger partial charge < -0.3 is 14.9 Å². The van der Waals surface area contributed by atoms with Gasteiger partial charge in [-0.1, -0.05) is 31.8 Å². The zero-order valence-electron chi connectivity index (χ0n) is 13.8. The molecule has 0 atom stereocenters. The molecule has 6 nitrogen and oxygen atoms in total. The molecule has 0 saturated heterocycles. The summed E-state index contributed by atoms with van der Waals surface area (Å²) in [6, 6.07) is 1.81. The van der Waals surface area contributed by atoms with Crippen molar-refractivity contribution in [2.45, 2.75) is 57.9 Å². The Hall–Kier alpha value is -1.95. The number of rotatable bonds is 4. The van der Waals surface area contributed by atoms with Gasteiger partial charge in [-0.2, -0.15) is 0 Å². The second-order valence-corrected chi connectivity index (χ2v) is 6.80. The van der Waals surface area contributed by atoms with E-state index in [-0.39, 0.29) is 18.4 Å². The lowest BCUT2D eigenvalue weighted by Gasteiger charge is -2.28. The second kappa shape index (κ2) is 5.92. The van der Waals surface area contributed by atoms with Crippen molar-refractivity contribution in [3.05, 3.63) is 23.0 Å². The van der Waals surface area contributed by atoms with E-state index in [4.69, 9.17) is 4.52 Å². The first-order chi connectivity index (χ1) is 11.0. The van der Waals surface area contributed by atoms with Crippen molar-refractivity contribution in [3.63, 3.8) is 0 Å². The predicted octanol–water partition coefficient (Wildman–Crippen LogP) is 2.69. The maximum Gasteiger partial charge on any atom is 0.259 e. The van der Waals surface area contributed by atoms with E-state index in [0.29, 0.717) is 22.4 Å². The Bertz CT molecular complexity index is 730. The van der Waals surface area contributed by atoms with Gasteiger partial charge in [0.05, 0.1) is 28.8 Å². The summed E-state index contributed by atoms with van der Waals surface area (Å²) in [4.78, 5) is 17.3. The van der Waals surface area contributed by atoms with Crippen LogP contribution in [0.4, 0.5) is 0 Å². The molecule has 1 saturated carbocycles. The number of aliphatic hydroxyl groups excluding tert-OH is 1. The number of nitrogens with zero attached hydrogens (tertiary/aromatic N) is 2. The molecule has 2 aromatic heterocycles. The van der Waals surface area contributed by atoms with E-state index in [1.807, 2.05) is 19.9 Å². The van der Waals surface area contributed by atoms with Crippen LogP contribution in [0.5, 0.6) is 0 Å². The molecule has 0 unspecified atom stereocenters. The third kappa shape index (κ3) is 2.83. The number of aromatic nitrogens is 2. The van der Waals surface area contributed by atoms with Gasteiger partial charge in [-0.05, 0) is 31.7 Å². The Morgan fingerprint density at radius 3 is 2.74 bits per heavy atom. The fourth-order valence-corrected chi connectivity index (χ4v) is 3.27. The molecule has 2 heterocycles. The van der Waals surface area contributed by atoms with Gasteiger partial charge in [0.15, 0.2) is 0 Å². The van der Waals surface area contributed by atoms with Gasteiger partial charge in [0.1, 0.15) is 0 Å². The van der Waals surface area contributed by atoms with E-state index < -0.39 is 5.54 Å². The first kappa shape index (κ1) is 15.9. The summed E-state index contributed by atoms with van der Waals surface area (Å²) >= 11 is 0. The number of aliphatic hydroxyl groups is 1. The van der Waals surface area contributed by atoms with E-state index in [9.17, 15) is 9.90 Å². The first-order valence-corrected chi connectivity index (χ1v) is 8.16. The zero-order valence-corrected chi connectivity index (χ0v) is 13.8. The van der Waals surface area contributed by atoms with Crippen LogP contribution in [0, 0.1) is 6.92 Å². The molecule has 2 N–H and O–H groups in total. The number of carbonyl (C=O) groups is 1. The first-order valence-electron chi connectivity index (χ1n) is 8.16. The van der Waals surface area contributed by atoms with Crippen LogP contribution in [0.1, 0.15) is 67.2 Å². The third-order valence-electron chi connectivity index (χ3n) is 4.72. The molecule has 6 heteroatoms. The Balaban J connectivity index is 2.03. The number of carbonyl (C=O) groups excluding carboxylic acids is 1. The van der Waals surface area contributed by atoms with Crippen LogP contribution in [-0.4, -0.2) is 33.3 Å².